The minimum absolute atomic E-state index is 0.0430. The van der Waals surface area contributed by atoms with Crippen molar-refractivity contribution >= 4 is 29.0 Å². The number of amides is 1. The number of hydrogen-bond acceptors (Lipinski definition) is 4. The SMILES string of the molecule is CN1C(=O)CCN(CCF)c2nc(Cl)ncc21. The van der Waals surface area contributed by atoms with Crippen molar-refractivity contribution in [3.05, 3.63) is 11.5 Å². The number of hydrogen-bond donors (Lipinski definition) is 0. The summed E-state index contributed by atoms with van der Waals surface area (Å²) >= 11 is 5.73. The zero-order valence-corrected chi connectivity index (χ0v) is 10.1. The van der Waals surface area contributed by atoms with E-state index in [4.69, 9.17) is 11.6 Å². The lowest BCUT2D eigenvalue weighted by molar-refractivity contribution is -0.118. The van der Waals surface area contributed by atoms with Gasteiger partial charge >= 0.3 is 0 Å². The topological polar surface area (TPSA) is 49.3 Å². The highest BCUT2D eigenvalue weighted by molar-refractivity contribution is 6.28. The summed E-state index contributed by atoms with van der Waals surface area (Å²) in [6.07, 6.45) is 1.81. The fraction of sp³-hybridized carbons (Fsp3) is 0.500. The maximum Gasteiger partial charge on any atom is 0.228 e. The first-order chi connectivity index (χ1) is 8.13. The van der Waals surface area contributed by atoms with Crippen molar-refractivity contribution < 1.29 is 9.18 Å². The quantitative estimate of drug-likeness (QED) is 0.750. The molecule has 0 atom stereocenters. The minimum Gasteiger partial charge on any atom is -0.352 e. The molecular weight excluding hydrogens is 247 g/mol. The van der Waals surface area contributed by atoms with E-state index in [2.05, 4.69) is 9.97 Å². The number of fused-ring (bicyclic) bond motifs is 1. The summed E-state index contributed by atoms with van der Waals surface area (Å²) in [6.45, 7) is 0.133. The van der Waals surface area contributed by atoms with E-state index in [0.717, 1.165) is 0 Å². The van der Waals surface area contributed by atoms with Gasteiger partial charge in [-0.1, -0.05) is 0 Å². The van der Waals surface area contributed by atoms with Gasteiger partial charge in [-0.3, -0.25) is 4.79 Å². The van der Waals surface area contributed by atoms with Crippen molar-refractivity contribution in [2.24, 2.45) is 0 Å². The van der Waals surface area contributed by atoms with Crippen LogP contribution >= 0.6 is 11.6 Å². The second kappa shape index (κ2) is 4.83. The number of carbonyl (C=O) groups excluding carboxylic acids is 1. The molecule has 2 heterocycles. The number of nitrogens with zero attached hydrogens (tertiary/aromatic N) is 4. The molecule has 1 aliphatic heterocycles. The van der Waals surface area contributed by atoms with Crippen LogP contribution in [0.3, 0.4) is 0 Å². The van der Waals surface area contributed by atoms with Crippen molar-refractivity contribution in [3.63, 3.8) is 0 Å². The molecule has 0 fully saturated rings. The second-order valence-corrected chi connectivity index (χ2v) is 4.06. The first-order valence-electron chi connectivity index (χ1n) is 5.23. The molecule has 0 spiro atoms. The summed E-state index contributed by atoms with van der Waals surface area (Å²) in [6, 6.07) is 0. The standard InChI is InChI=1S/C10H12ClFN4O/c1-15-7-6-13-10(11)14-9(7)16(5-3-12)4-2-8(15)17/h6H,2-5H2,1H3. The lowest BCUT2D eigenvalue weighted by atomic mass is 10.3. The van der Waals surface area contributed by atoms with Gasteiger partial charge in [-0.25, -0.2) is 9.37 Å². The number of anilines is 2. The average Bonchev–Trinajstić information content (AvgIpc) is 2.42. The third kappa shape index (κ3) is 2.31. The van der Waals surface area contributed by atoms with E-state index >= 15 is 0 Å². The van der Waals surface area contributed by atoms with Crippen LogP contribution < -0.4 is 9.80 Å². The van der Waals surface area contributed by atoms with Gasteiger partial charge in [-0.05, 0) is 11.6 Å². The van der Waals surface area contributed by atoms with Gasteiger partial charge in [0.2, 0.25) is 11.2 Å². The number of halogens is 2. The molecule has 1 aliphatic rings. The molecule has 0 saturated carbocycles. The summed E-state index contributed by atoms with van der Waals surface area (Å²) in [5.41, 5.74) is 0.561. The predicted octanol–water partition coefficient (Wildman–Crippen LogP) is 1.27. The van der Waals surface area contributed by atoms with Crippen LogP contribution in [0.15, 0.2) is 6.20 Å². The van der Waals surface area contributed by atoms with Crippen molar-refractivity contribution in [1.29, 1.82) is 0 Å². The first kappa shape index (κ1) is 12.0. The highest BCUT2D eigenvalue weighted by Gasteiger charge is 2.25. The van der Waals surface area contributed by atoms with E-state index < -0.39 is 6.67 Å². The highest BCUT2D eigenvalue weighted by atomic mass is 35.5. The fourth-order valence-corrected chi connectivity index (χ4v) is 1.90. The van der Waals surface area contributed by atoms with Crippen LogP contribution in [0.25, 0.3) is 0 Å². The van der Waals surface area contributed by atoms with Crippen LogP contribution in [-0.2, 0) is 4.79 Å². The molecule has 5 nitrogen and oxygen atoms in total. The Labute approximate surface area is 103 Å². The molecule has 0 N–H and O–H groups in total. The molecule has 1 aromatic heterocycles. The Kier molecular flexibility index (Phi) is 3.42. The zero-order valence-electron chi connectivity index (χ0n) is 9.36. The molecule has 7 heteroatoms. The first-order valence-corrected chi connectivity index (χ1v) is 5.61. The molecule has 17 heavy (non-hydrogen) atoms. The van der Waals surface area contributed by atoms with Crippen molar-refractivity contribution in [3.8, 4) is 0 Å². The Hall–Kier alpha value is -1.43. The van der Waals surface area contributed by atoms with Gasteiger partial charge in [0.15, 0.2) is 5.82 Å². The number of aromatic nitrogens is 2. The summed E-state index contributed by atoms with van der Waals surface area (Å²) < 4.78 is 12.5. The second-order valence-electron chi connectivity index (χ2n) is 3.73. The molecule has 0 radical (unpaired) electrons. The number of rotatable bonds is 2. The van der Waals surface area contributed by atoms with Crippen LogP contribution in [0.5, 0.6) is 0 Å². The van der Waals surface area contributed by atoms with Gasteiger partial charge in [0, 0.05) is 26.6 Å². The van der Waals surface area contributed by atoms with Crippen LogP contribution in [-0.4, -0.2) is 42.7 Å². The van der Waals surface area contributed by atoms with Crippen LogP contribution in [0.4, 0.5) is 15.9 Å². The summed E-state index contributed by atoms with van der Waals surface area (Å²) in [7, 11) is 1.65. The number of alkyl halides is 1. The average molecular weight is 259 g/mol. The molecule has 92 valence electrons. The molecule has 0 bridgehead atoms. The van der Waals surface area contributed by atoms with Crippen LogP contribution in [0.1, 0.15) is 6.42 Å². The Morgan fingerprint density at radius 3 is 3.06 bits per heavy atom. The normalized spacial score (nSPS) is 15.8. The maximum atomic E-state index is 12.5. The van der Waals surface area contributed by atoms with Crippen LogP contribution in [0.2, 0.25) is 5.28 Å². The zero-order chi connectivity index (χ0) is 12.4. The summed E-state index contributed by atoms with van der Waals surface area (Å²) in [4.78, 5) is 22.8. The maximum absolute atomic E-state index is 12.5. The summed E-state index contributed by atoms with van der Waals surface area (Å²) in [5, 5.41) is 0.0929. The lowest BCUT2D eigenvalue weighted by Crippen LogP contribution is -2.28. The van der Waals surface area contributed by atoms with Crippen LogP contribution in [0, 0.1) is 0 Å². The number of carbonyl (C=O) groups is 1. The van der Waals surface area contributed by atoms with Gasteiger partial charge in [-0.15, -0.1) is 0 Å². The van der Waals surface area contributed by atoms with Gasteiger partial charge < -0.3 is 9.80 Å². The fourth-order valence-electron chi connectivity index (χ4n) is 1.77. The van der Waals surface area contributed by atoms with Crippen molar-refractivity contribution in [1.82, 2.24) is 9.97 Å². The molecule has 2 rings (SSSR count). The monoisotopic (exact) mass is 258 g/mol. The minimum atomic E-state index is -0.501. The third-order valence-electron chi connectivity index (χ3n) is 2.71. The molecule has 0 aromatic carbocycles. The lowest BCUT2D eigenvalue weighted by Gasteiger charge is -2.22. The Morgan fingerprint density at radius 1 is 1.59 bits per heavy atom. The van der Waals surface area contributed by atoms with E-state index in [-0.39, 0.29) is 17.7 Å². The molecule has 0 saturated heterocycles. The molecule has 1 aromatic rings. The summed E-state index contributed by atoms with van der Waals surface area (Å²) in [5.74, 6) is 0.467. The Morgan fingerprint density at radius 2 is 2.35 bits per heavy atom. The van der Waals surface area contributed by atoms with E-state index in [1.54, 1.807) is 11.9 Å². The Balaban J connectivity index is 2.47. The smallest absolute Gasteiger partial charge is 0.228 e. The molecule has 0 unspecified atom stereocenters. The molecular formula is C10H12ClFN4O. The van der Waals surface area contributed by atoms with Gasteiger partial charge in [0.25, 0.3) is 0 Å². The van der Waals surface area contributed by atoms with E-state index in [1.807, 2.05) is 0 Å². The van der Waals surface area contributed by atoms with E-state index in [9.17, 15) is 9.18 Å². The van der Waals surface area contributed by atoms with Crippen molar-refractivity contribution in [2.75, 3.05) is 36.6 Å². The van der Waals surface area contributed by atoms with Gasteiger partial charge in [-0.2, -0.15) is 4.98 Å². The molecule has 1 amide bonds. The van der Waals surface area contributed by atoms with Crippen molar-refractivity contribution in [2.45, 2.75) is 6.42 Å². The Bertz CT molecular complexity index is 442. The molecule has 0 aliphatic carbocycles. The van der Waals surface area contributed by atoms with Gasteiger partial charge in [0.1, 0.15) is 12.4 Å². The highest BCUT2D eigenvalue weighted by Crippen LogP contribution is 2.29. The van der Waals surface area contributed by atoms with Gasteiger partial charge in [0.05, 0.1) is 6.20 Å². The largest absolute Gasteiger partial charge is 0.352 e. The van der Waals surface area contributed by atoms with E-state index in [1.165, 1.54) is 11.1 Å². The van der Waals surface area contributed by atoms with E-state index in [0.29, 0.717) is 24.5 Å². The predicted molar refractivity (Wildman–Crippen MR) is 63.3 cm³/mol. The third-order valence-corrected chi connectivity index (χ3v) is 2.89.